The van der Waals surface area contributed by atoms with Gasteiger partial charge in [0.25, 0.3) is 0 Å². The molecule has 2 unspecified atom stereocenters. The van der Waals surface area contributed by atoms with Gasteiger partial charge in [0.15, 0.2) is 0 Å². The molecule has 0 heterocycles. The third-order valence-electron chi connectivity index (χ3n) is 5.03. The Labute approximate surface area is 124 Å². The third-order valence-corrected chi connectivity index (χ3v) is 6.82. The highest BCUT2D eigenvalue weighted by atomic mass is 32.2. The molecule has 118 valence electrons. The molecule has 20 heavy (non-hydrogen) atoms. The molecule has 3 nitrogen and oxygen atoms in total. The largest absolute Gasteiger partial charge is 0.314 e. The fraction of sp³-hybridized carbons (Fsp3) is 1.00. The van der Waals surface area contributed by atoms with E-state index >= 15 is 0 Å². The number of sulfone groups is 1. The van der Waals surface area contributed by atoms with E-state index in [1.807, 2.05) is 0 Å². The van der Waals surface area contributed by atoms with Gasteiger partial charge in [-0.05, 0) is 50.5 Å². The molecule has 2 saturated carbocycles. The van der Waals surface area contributed by atoms with Crippen LogP contribution in [-0.4, -0.2) is 32.5 Å². The highest BCUT2D eigenvalue weighted by Crippen LogP contribution is 2.32. The molecule has 4 heteroatoms. The van der Waals surface area contributed by atoms with Gasteiger partial charge >= 0.3 is 0 Å². The molecule has 2 aliphatic rings. The van der Waals surface area contributed by atoms with Crippen LogP contribution in [0.3, 0.4) is 0 Å². The Morgan fingerprint density at radius 3 is 2.35 bits per heavy atom. The second-order valence-electron chi connectivity index (χ2n) is 6.72. The van der Waals surface area contributed by atoms with Gasteiger partial charge < -0.3 is 5.32 Å². The van der Waals surface area contributed by atoms with Crippen molar-refractivity contribution in [2.24, 2.45) is 11.8 Å². The summed E-state index contributed by atoms with van der Waals surface area (Å²) in [7, 11) is -2.78. The van der Waals surface area contributed by atoms with E-state index in [-0.39, 0.29) is 0 Å². The highest BCUT2D eigenvalue weighted by molar-refractivity contribution is 7.91. The summed E-state index contributed by atoms with van der Waals surface area (Å²) in [6.45, 7) is 2.92. The predicted octanol–water partition coefficient (Wildman–Crippen LogP) is 3.15. The van der Waals surface area contributed by atoms with E-state index in [9.17, 15) is 8.42 Å². The molecular formula is C16H31NO2S. The normalized spacial score (nSPS) is 28.2. The Hall–Kier alpha value is -0.0900. The summed E-state index contributed by atoms with van der Waals surface area (Å²) < 4.78 is 23.2. The van der Waals surface area contributed by atoms with Crippen LogP contribution in [0.2, 0.25) is 0 Å². The lowest BCUT2D eigenvalue weighted by atomic mass is 9.84. The lowest BCUT2D eigenvalue weighted by Gasteiger charge is -2.25. The molecule has 0 aromatic heterocycles. The predicted molar refractivity (Wildman–Crippen MR) is 84.7 cm³/mol. The van der Waals surface area contributed by atoms with Crippen LogP contribution in [0.5, 0.6) is 0 Å². The smallest absolute Gasteiger partial charge is 0.150 e. The second-order valence-corrected chi connectivity index (χ2v) is 9.19. The zero-order valence-corrected chi connectivity index (χ0v) is 13.8. The molecule has 1 N–H and O–H groups in total. The maximum Gasteiger partial charge on any atom is 0.150 e. The van der Waals surface area contributed by atoms with E-state index in [0.29, 0.717) is 11.5 Å². The quantitative estimate of drug-likeness (QED) is 0.701. The lowest BCUT2D eigenvalue weighted by Crippen LogP contribution is -2.29. The standard InChI is InChI=1S/C16H31NO2S/c1-2-20(18,19)12-6-9-14-7-4-3-5-8-15(14)13-17-16-10-11-16/h14-17H,2-13H2,1H3. The molecule has 0 bridgehead atoms. The Kier molecular flexibility index (Phi) is 6.34. The molecule has 0 aromatic rings. The first-order valence-corrected chi connectivity index (χ1v) is 10.4. The average molecular weight is 301 g/mol. The minimum atomic E-state index is -2.78. The minimum Gasteiger partial charge on any atom is -0.314 e. The summed E-state index contributed by atoms with van der Waals surface area (Å²) in [5.41, 5.74) is 0. The van der Waals surface area contributed by atoms with Crippen molar-refractivity contribution in [3.8, 4) is 0 Å². The Bertz CT molecular complexity index is 376. The maximum absolute atomic E-state index is 11.6. The summed E-state index contributed by atoms with van der Waals surface area (Å²) in [6, 6.07) is 0.791. The number of rotatable bonds is 8. The summed E-state index contributed by atoms with van der Waals surface area (Å²) in [5, 5.41) is 3.68. The van der Waals surface area contributed by atoms with Gasteiger partial charge in [0.1, 0.15) is 9.84 Å². The van der Waals surface area contributed by atoms with Crippen molar-refractivity contribution in [1.82, 2.24) is 5.32 Å². The number of nitrogens with one attached hydrogen (secondary N) is 1. The van der Waals surface area contributed by atoms with Crippen LogP contribution in [0.25, 0.3) is 0 Å². The molecule has 2 atom stereocenters. The van der Waals surface area contributed by atoms with Crippen molar-refractivity contribution in [3.05, 3.63) is 0 Å². The van der Waals surface area contributed by atoms with Crippen LogP contribution in [0.15, 0.2) is 0 Å². The fourth-order valence-electron chi connectivity index (χ4n) is 3.43. The summed E-state index contributed by atoms with van der Waals surface area (Å²) in [6.07, 6.45) is 11.4. The average Bonchev–Trinajstić information content (AvgIpc) is 3.24. The van der Waals surface area contributed by atoms with Gasteiger partial charge in [0.05, 0.1) is 5.75 Å². The SMILES string of the molecule is CCS(=O)(=O)CCCC1CCCCCC1CNC1CC1. The van der Waals surface area contributed by atoms with Crippen LogP contribution >= 0.6 is 0 Å². The molecule has 2 rings (SSSR count). The molecule has 0 aliphatic heterocycles. The van der Waals surface area contributed by atoms with E-state index in [1.54, 1.807) is 6.92 Å². The number of hydrogen-bond acceptors (Lipinski definition) is 3. The molecule has 0 radical (unpaired) electrons. The highest BCUT2D eigenvalue weighted by Gasteiger charge is 2.27. The van der Waals surface area contributed by atoms with E-state index in [0.717, 1.165) is 37.3 Å². The van der Waals surface area contributed by atoms with Crippen LogP contribution < -0.4 is 5.32 Å². The number of hydrogen-bond donors (Lipinski definition) is 1. The van der Waals surface area contributed by atoms with E-state index in [2.05, 4.69) is 5.32 Å². The Morgan fingerprint density at radius 1 is 1.00 bits per heavy atom. The first-order valence-electron chi connectivity index (χ1n) is 8.54. The van der Waals surface area contributed by atoms with Crippen molar-refractivity contribution >= 4 is 9.84 Å². The van der Waals surface area contributed by atoms with Gasteiger partial charge in [-0.2, -0.15) is 0 Å². The Morgan fingerprint density at radius 2 is 1.70 bits per heavy atom. The van der Waals surface area contributed by atoms with Gasteiger partial charge in [-0.1, -0.05) is 32.6 Å². The third kappa shape index (κ3) is 5.72. The summed E-state index contributed by atoms with van der Waals surface area (Å²) in [5.74, 6) is 2.21. The zero-order chi connectivity index (χ0) is 14.4. The van der Waals surface area contributed by atoms with Gasteiger partial charge in [-0.15, -0.1) is 0 Å². The second kappa shape index (κ2) is 7.79. The molecule has 0 spiro atoms. The topological polar surface area (TPSA) is 46.2 Å². The van der Waals surface area contributed by atoms with Gasteiger partial charge in [-0.25, -0.2) is 8.42 Å². The van der Waals surface area contributed by atoms with E-state index in [1.165, 1.54) is 44.9 Å². The monoisotopic (exact) mass is 301 g/mol. The van der Waals surface area contributed by atoms with Gasteiger partial charge in [0, 0.05) is 11.8 Å². The van der Waals surface area contributed by atoms with E-state index < -0.39 is 9.84 Å². The van der Waals surface area contributed by atoms with Crippen molar-refractivity contribution in [2.45, 2.75) is 70.8 Å². The maximum atomic E-state index is 11.6. The fourth-order valence-corrected chi connectivity index (χ4v) is 4.32. The molecule has 0 aromatic carbocycles. The Balaban J connectivity index is 1.77. The van der Waals surface area contributed by atoms with Crippen molar-refractivity contribution in [3.63, 3.8) is 0 Å². The van der Waals surface area contributed by atoms with Crippen molar-refractivity contribution in [1.29, 1.82) is 0 Å². The first-order chi connectivity index (χ1) is 9.61. The molecule has 0 amide bonds. The van der Waals surface area contributed by atoms with E-state index in [4.69, 9.17) is 0 Å². The van der Waals surface area contributed by atoms with Gasteiger partial charge in [-0.3, -0.25) is 0 Å². The molecular weight excluding hydrogens is 270 g/mol. The van der Waals surface area contributed by atoms with Crippen LogP contribution in [-0.2, 0) is 9.84 Å². The molecule has 2 fully saturated rings. The summed E-state index contributed by atoms with van der Waals surface area (Å²) >= 11 is 0. The minimum absolute atomic E-state index is 0.296. The molecule has 2 aliphatic carbocycles. The van der Waals surface area contributed by atoms with Crippen molar-refractivity contribution < 1.29 is 8.42 Å². The lowest BCUT2D eigenvalue weighted by molar-refractivity contribution is 0.281. The zero-order valence-electron chi connectivity index (χ0n) is 12.9. The van der Waals surface area contributed by atoms with Crippen molar-refractivity contribution in [2.75, 3.05) is 18.1 Å². The van der Waals surface area contributed by atoms with Crippen LogP contribution in [0, 0.1) is 11.8 Å². The van der Waals surface area contributed by atoms with Gasteiger partial charge in [0.2, 0.25) is 0 Å². The van der Waals surface area contributed by atoms with Crippen LogP contribution in [0.1, 0.15) is 64.7 Å². The summed E-state index contributed by atoms with van der Waals surface area (Å²) in [4.78, 5) is 0. The molecule has 0 saturated heterocycles. The first kappa shape index (κ1) is 16.3. The van der Waals surface area contributed by atoms with Crippen LogP contribution in [0.4, 0.5) is 0 Å².